The van der Waals surface area contributed by atoms with E-state index in [9.17, 15) is 14.0 Å². The van der Waals surface area contributed by atoms with Crippen LogP contribution in [0.4, 0.5) is 4.39 Å². The molecular weight excluding hydrogens is 423 g/mol. The lowest BCUT2D eigenvalue weighted by Crippen LogP contribution is -2.41. The second kappa shape index (κ2) is 10.3. The Morgan fingerprint density at radius 2 is 1.55 bits per heavy atom. The van der Waals surface area contributed by atoms with Crippen LogP contribution in [0.3, 0.4) is 0 Å². The van der Waals surface area contributed by atoms with Gasteiger partial charge in [-0.05, 0) is 47.0 Å². The molecule has 0 aliphatic rings. The molecule has 4 aromatic rings. The summed E-state index contributed by atoms with van der Waals surface area (Å²) in [6.45, 7) is 0.405. The van der Waals surface area contributed by atoms with Gasteiger partial charge in [0.25, 0.3) is 5.91 Å². The molecule has 1 aromatic heterocycles. The number of aromatic nitrogens is 4. The van der Waals surface area contributed by atoms with Crippen molar-refractivity contribution in [3.63, 3.8) is 0 Å². The Bertz CT molecular complexity index is 1220. The molecule has 0 saturated carbocycles. The van der Waals surface area contributed by atoms with E-state index in [0.29, 0.717) is 24.4 Å². The summed E-state index contributed by atoms with van der Waals surface area (Å²) in [5.41, 5.74) is 7.80. The lowest BCUT2D eigenvalue weighted by molar-refractivity contribution is -0.121. The summed E-state index contributed by atoms with van der Waals surface area (Å²) in [6, 6.07) is 22.4. The van der Waals surface area contributed by atoms with Crippen molar-refractivity contribution < 1.29 is 14.0 Å². The molecule has 0 unspecified atom stereocenters. The van der Waals surface area contributed by atoms with E-state index in [1.54, 1.807) is 36.4 Å². The van der Waals surface area contributed by atoms with Crippen LogP contribution < -0.4 is 10.9 Å². The fourth-order valence-electron chi connectivity index (χ4n) is 3.11. The smallest absolute Gasteiger partial charge is 0.269 e. The normalized spacial score (nSPS) is 10.6. The standard InChI is InChI=1S/C24H21FN6O2/c25-21-13-8-17(9-14-21)10-15-22(32)26-28-24(33)20-11-6-18(7-12-20)16-31-29-23(27-30-31)19-4-2-1-3-5-19/h1-9,11-14H,10,15-16H2,(H,26,32)(H,28,33). The van der Waals surface area contributed by atoms with Crippen LogP contribution in [0.1, 0.15) is 27.9 Å². The first-order valence-corrected chi connectivity index (χ1v) is 10.3. The molecule has 33 heavy (non-hydrogen) atoms. The number of hydrogen-bond acceptors (Lipinski definition) is 5. The van der Waals surface area contributed by atoms with E-state index in [2.05, 4.69) is 26.3 Å². The van der Waals surface area contributed by atoms with E-state index in [4.69, 9.17) is 0 Å². The number of nitrogens with one attached hydrogen (secondary N) is 2. The molecule has 3 aromatic carbocycles. The van der Waals surface area contributed by atoms with Gasteiger partial charge in [-0.1, -0.05) is 54.6 Å². The summed E-state index contributed by atoms with van der Waals surface area (Å²) in [6.07, 6.45) is 0.611. The van der Waals surface area contributed by atoms with Crippen molar-refractivity contribution in [3.8, 4) is 11.4 Å². The fraction of sp³-hybridized carbons (Fsp3) is 0.125. The van der Waals surface area contributed by atoms with Crippen molar-refractivity contribution in [1.82, 2.24) is 31.1 Å². The number of halogens is 1. The molecule has 0 aliphatic heterocycles. The molecule has 0 saturated heterocycles. The maximum absolute atomic E-state index is 12.9. The van der Waals surface area contributed by atoms with Crippen LogP contribution >= 0.6 is 0 Å². The van der Waals surface area contributed by atoms with E-state index in [-0.39, 0.29) is 18.1 Å². The minimum atomic E-state index is -0.429. The predicted molar refractivity (Wildman–Crippen MR) is 119 cm³/mol. The van der Waals surface area contributed by atoms with E-state index in [1.807, 2.05) is 30.3 Å². The van der Waals surface area contributed by atoms with Crippen LogP contribution in [-0.4, -0.2) is 32.0 Å². The summed E-state index contributed by atoms with van der Waals surface area (Å²) < 4.78 is 12.9. The molecule has 4 rings (SSSR count). The fourth-order valence-corrected chi connectivity index (χ4v) is 3.11. The zero-order chi connectivity index (χ0) is 23.0. The van der Waals surface area contributed by atoms with Gasteiger partial charge in [-0.2, -0.15) is 4.80 Å². The first-order valence-electron chi connectivity index (χ1n) is 10.3. The number of hydrogen-bond donors (Lipinski definition) is 2. The lowest BCUT2D eigenvalue weighted by Gasteiger charge is -2.08. The van der Waals surface area contributed by atoms with Crippen molar-refractivity contribution in [2.24, 2.45) is 0 Å². The van der Waals surface area contributed by atoms with Crippen LogP contribution in [-0.2, 0) is 17.8 Å². The topological polar surface area (TPSA) is 102 Å². The average molecular weight is 444 g/mol. The van der Waals surface area contributed by atoms with Crippen LogP contribution in [0, 0.1) is 5.82 Å². The molecule has 0 spiro atoms. The van der Waals surface area contributed by atoms with Gasteiger partial charge in [0.05, 0.1) is 6.54 Å². The Balaban J connectivity index is 1.25. The van der Waals surface area contributed by atoms with Gasteiger partial charge in [0.1, 0.15) is 5.82 Å². The van der Waals surface area contributed by atoms with Gasteiger partial charge in [-0.3, -0.25) is 20.4 Å². The lowest BCUT2D eigenvalue weighted by atomic mass is 10.1. The minimum absolute atomic E-state index is 0.167. The molecule has 0 atom stereocenters. The Morgan fingerprint density at radius 3 is 2.27 bits per heavy atom. The van der Waals surface area contributed by atoms with Gasteiger partial charge >= 0.3 is 0 Å². The summed E-state index contributed by atoms with van der Waals surface area (Å²) in [5.74, 6) is -0.546. The molecule has 166 valence electrons. The van der Waals surface area contributed by atoms with Crippen LogP contribution in [0.5, 0.6) is 0 Å². The van der Waals surface area contributed by atoms with Crippen molar-refractivity contribution in [2.45, 2.75) is 19.4 Å². The molecular formula is C24H21FN6O2. The van der Waals surface area contributed by atoms with Crippen LogP contribution in [0.2, 0.25) is 0 Å². The molecule has 0 fully saturated rings. The number of amides is 2. The third-order valence-corrected chi connectivity index (χ3v) is 4.89. The molecule has 0 bridgehead atoms. The van der Waals surface area contributed by atoms with E-state index in [0.717, 1.165) is 16.7 Å². The van der Waals surface area contributed by atoms with Crippen molar-refractivity contribution >= 4 is 11.8 Å². The number of carbonyl (C=O) groups excluding carboxylic acids is 2. The maximum Gasteiger partial charge on any atom is 0.269 e. The monoisotopic (exact) mass is 444 g/mol. The van der Waals surface area contributed by atoms with Gasteiger partial charge in [-0.25, -0.2) is 4.39 Å². The van der Waals surface area contributed by atoms with Gasteiger partial charge in [-0.15, -0.1) is 10.2 Å². The zero-order valence-electron chi connectivity index (χ0n) is 17.6. The third kappa shape index (κ3) is 6.07. The van der Waals surface area contributed by atoms with Crippen LogP contribution in [0.25, 0.3) is 11.4 Å². The minimum Gasteiger partial charge on any atom is -0.273 e. The first kappa shape index (κ1) is 21.8. The molecule has 0 radical (unpaired) electrons. The SMILES string of the molecule is O=C(CCc1ccc(F)cc1)NNC(=O)c1ccc(Cn2nnc(-c3ccccc3)n2)cc1. The van der Waals surface area contributed by atoms with Crippen molar-refractivity contribution in [2.75, 3.05) is 0 Å². The Kier molecular flexibility index (Phi) is 6.79. The number of tetrazole rings is 1. The molecule has 9 heteroatoms. The van der Waals surface area contributed by atoms with Gasteiger partial charge in [0, 0.05) is 17.5 Å². The summed E-state index contributed by atoms with van der Waals surface area (Å²) in [5, 5.41) is 12.5. The number of hydrazine groups is 1. The highest BCUT2D eigenvalue weighted by Crippen LogP contribution is 2.13. The van der Waals surface area contributed by atoms with E-state index >= 15 is 0 Å². The van der Waals surface area contributed by atoms with Crippen molar-refractivity contribution in [3.05, 3.63) is 101 Å². The summed E-state index contributed by atoms with van der Waals surface area (Å²) in [7, 11) is 0. The number of aryl methyl sites for hydroxylation is 1. The third-order valence-electron chi connectivity index (χ3n) is 4.89. The molecule has 2 N–H and O–H groups in total. The van der Waals surface area contributed by atoms with E-state index < -0.39 is 5.91 Å². The molecule has 8 nitrogen and oxygen atoms in total. The number of carbonyl (C=O) groups is 2. The highest BCUT2D eigenvalue weighted by Gasteiger charge is 2.09. The molecule has 2 amide bonds. The maximum atomic E-state index is 12.9. The first-order chi connectivity index (χ1) is 16.1. The van der Waals surface area contributed by atoms with Gasteiger partial charge in [0.15, 0.2) is 0 Å². The Hall–Kier alpha value is -4.40. The Labute approximate surface area is 189 Å². The second-order valence-electron chi connectivity index (χ2n) is 7.34. The second-order valence-corrected chi connectivity index (χ2v) is 7.34. The predicted octanol–water partition coefficient (Wildman–Crippen LogP) is 2.92. The zero-order valence-corrected chi connectivity index (χ0v) is 17.6. The van der Waals surface area contributed by atoms with Crippen LogP contribution in [0.15, 0.2) is 78.9 Å². The number of nitrogens with zero attached hydrogens (tertiary/aromatic N) is 4. The van der Waals surface area contributed by atoms with Gasteiger partial charge in [0.2, 0.25) is 11.7 Å². The highest BCUT2D eigenvalue weighted by molar-refractivity contribution is 5.95. The average Bonchev–Trinajstić information content (AvgIpc) is 3.31. The number of benzene rings is 3. The quantitative estimate of drug-likeness (QED) is 0.427. The van der Waals surface area contributed by atoms with Gasteiger partial charge < -0.3 is 0 Å². The largest absolute Gasteiger partial charge is 0.273 e. The summed E-state index contributed by atoms with van der Waals surface area (Å²) in [4.78, 5) is 25.7. The number of rotatable bonds is 7. The summed E-state index contributed by atoms with van der Waals surface area (Å²) >= 11 is 0. The Morgan fingerprint density at radius 1 is 0.848 bits per heavy atom. The van der Waals surface area contributed by atoms with Crippen molar-refractivity contribution in [1.29, 1.82) is 0 Å². The highest BCUT2D eigenvalue weighted by atomic mass is 19.1. The van der Waals surface area contributed by atoms with E-state index in [1.165, 1.54) is 16.9 Å². The molecule has 1 heterocycles. The molecule has 0 aliphatic carbocycles.